The van der Waals surface area contributed by atoms with E-state index in [-0.39, 0.29) is 5.91 Å². The van der Waals surface area contributed by atoms with Gasteiger partial charge >= 0.3 is 0 Å². The lowest BCUT2D eigenvalue weighted by atomic mass is 10.0. The van der Waals surface area contributed by atoms with E-state index in [1.165, 1.54) is 0 Å². The molecular formula is C25H20N2O2. The lowest BCUT2D eigenvalue weighted by molar-refractivity contribution is 0.0957. The SMILES string of the molecule is O=C(N/N=C/c1ccccc1OCc1ccccc1)c1cccc2ccccc12. The van der Waals surface area contributed by atoms with Crippen LogP contribution in [0.15, 0.2) is 102 Å². The van der Waals surface area contributed by atoms with Crippen LogP contribution in [0.1, 0.15) is 21.5 Å². The van der Waals surface area contributed by atoms with Crippen LogP contribution in [0.4, 0.5) is 0 Å². The lowest BCUT2D eigenvalue weighted by Crippen LogP contribution is -2.18. The van der Waals surface area contributed by atoms with Gasteiger partial charge in [-0.15, -0.1) is 0 Å². The minimum Gasteiger partial charge on any atom is -0.488 e. The Balaban J connectivity index is 1.46. The summed E-state index contributed by atoms with van der Waals surface area (Å²) >= 11 is 0. The average molecular weight is 380 g/mol. The van der Waals surface area contributed by atoms with Crippen molar-refractivity contribution in [3.8, 4) is 5.75 Å². The number of hydrogen-bond donors (Lipinski definition) is 1. The summed E-state index contributed by atoms with van der Waals surface area (Å²) in [5, 5.41) is 6.05. The summed E-state index contributed by atoms with van der Waals surface area (Å²) in [7, 11) is 0. The van der Waals surface area contributed by atoms with Crippen LogP contribution in [-0.2, 0) is 6.61 Å². The first-order chi connectivity index (χ1) is 14.3. The smallest absolute Gasteiger partial charge is 0.271 e. The van der Waals surface area contributed by atoms with Crippen LogP contribution >= 0.6 is 0 Å². The van der Waals surface area contributed by atoms with E-state index in [1.54, 1.807) is 12.3 Å². The molecule has 0 aromatic heterocycles. The molecule has 4 rings (SSSR count). The Labute approximate surface area is 169 Å². The predicted molar refractivity (Wildman–Crippen MR) is 116 cm³/mol. The molecule has 0 unspecified atom stereocenters. The second kappa shape index (κ2) is 8.85. The molecule has 1 N–H and O–H groups in total. The summed E-state index contributed by atoms with van der Waals surface area (Å²) in [5.41, 5.74) is 5.09. The summed E-state index contributed by atoms with van der Waals surface area (Å²) in [6.45, 7) is 0.466. The third-order valence-electron chi connectivity index (χ3n) is 4.56. The van der Waals surface area contributed by atoms with Crippen molar-refractivity contribution in [1.29, 1.82) is 0 Å². The van der Waals surface area contributed by atoms with Crippen LogP contribution in [-0.4, -0.2) is 12.1 Å². The molecule has 0 fully saturated rings. The van der Waals surface area contributed by atoms with Crippen LogP contribution in [0.25, 0.3) is 10.8 Å². The van der Waals surface area contributed by atoms with Crippen molar-refractivity contribution >= 4 is 22.9 Å². The molecule has 0 spiro atoms. The highest BCUT2D eigenvalue weighted by Crippen LogP contribution is 2.19. The molecule has 4 aromatic rings. The quantitative estimate of drug-likeness (QED) is 0.370. The molecule has 142 valence electrons. The predicted octanol–water partition coefficient (Wildman–Crippen LogP) is 5.18. The molecule has 0 saturated heterocycles. The van der Waals surface area contributed by atoms with E-state index >= 15 is 0 Å². The van der Waals surface area contributed by atoms with E-state index < -0.39 is 0 Å². The minimum absolute atomic E-state index is 0.249. The first kappa shape index (κ1) is 18.4. The molecular weight excluding hydrogens is 360 g/mol. The van der Waals surface area contributed by atoms with Gasteiger partial charge in [0.05, 0.1) is 6.21 Å². The Hall–Kier alpha value is -3.92. The van der Waals surface area contributed by atoms with Gasteiger partial charge in [-0.3, -0.25) is 4.79 Å². The third-order valence-corrected chi connectivity index (χ3v) is 4.56. The van der Waals surface area contributed by atoms with Gasteiger partial charge in [0.1, 0.15) is 12.4 Å². The first-order valence-electron chi connectivity index (χ1n) is 9.38. The molecule has 29 heavy (non-hydrogen) atoms. The fourth-order valence-corrected chi connectivity index (χ4v) is 3.10. The zero-order valence-electron chi connectivity index (χ0n) is 15.8. The van der Waals surface area contributed by atoms with Crippen LogP contribution in [0.3, 0.4) is 0 Å². The second-order valence-electron chi connectivity index (χ2n) is 6.54. The first-order valence-corrected chi connectivity index (χ1v) is 9.38. The van der Waals surface area contributed by atoms with E-state index in [0.717, 1.165) is 21.9 Å². The monoisotopic (exact) mass is 380 g/mol. The van der Waals surface area contributed by atoms with Crippen LogP contribution in [0.5, 0.6) is 5.75 Å². The number of nitrogens with one attached hydrogen (secondary N) is 1. The van der Waals surface area contributed by atoms with Gasteiger partial charge in [0.15, 0.2) is 0 Å². The summed E-state index contributed by atoms with van der Waals surface area (Å²) in [6.07, 6.45) is 1.60. The Kier molecular flexibility index (Phi) is 5.63. The highest BCUT2D eigenvalue weighted by atomic mass is 16.5. The average Bonchev–Trinajstić information content (AvgIpc) is 2.78. The van der Waals surface area contributed by atoms with Gasteiger partial charge in [-0.2, -0.15) is 5.10 Å². The molecule has 4 aromatic carbocycles. The molecule has 0 aliphatic heterocycles. The molecule has 4 nitrogen and oxygen atoms in total. The van der Waals surface area contributed by atoms with Gasteiger partial charge in [-0.05, 0) is 34.5 Å². The second-order valence-corrected chi connectivity index (χ2v) is 6.54. The van der Waals surface area contributed by atoms with E-state index in [0.29, 0.717) is 17.9 Å². The molecule has 0 aliphatic carbocycles. The summed E-state index contributed by atoms with van der Waals surface area (Å²) < 4.78 is 5.92. The topological polar surface area (TPSA) is 50.7 Å². The van der Waals surface area contributed by atoms with E-state index in [9.17, 15) is 4.79 Å². The number of hydrazone groups is 1. The molecule has 0 aliphatic rings. The van der Waals surface area contributed by atoms with Gasteiger partial charge in [-0.1, -0.05) is 78.9 Å². The number of para-hydroxylation sites is 1. The van der Waals surface area contributed by atoms with Crippen LogP contribution < -0.4 is 10.2 Å². The van der Waals surface area contributed by atoms with E-state index in [4.69, 9.17) is 4.74 Å². The Morgan fingerprint density at radius 3 is 2.45 bits per heavy atom. The Bertz CT molecular complexity index is 1150. The summed E-state index contributed by atoms with van der Waals surface area (Å²) in [5.74, 6) is 0.459. The van der Waals surface area contributed by atoms with Crippen molar-refractivity contribution in [1.82, 2.24) is 5.43 Å². The standard InChI is InChI=1S/C25H20N2O2/c28-25(23-15-8-13-20-11-4-6-14-22(20)23)27-26-17-21-12-5-7-16-24(21)29-18-19-9-2-1-3-10-19/h1-17H,18H2,(H,27,28)/b26-17+. The van der Waals surface area contributed by atoms with Crippen molar-refractivity contribution in [3.05, 3.63) is 114 Å². The normalized spacial score (nSPS) is 10.9. The van der Waals surface area contributed by atoms with E-state index in [1.807, 2.05) is 91.0 Å². The Morgan fingerprint density at radius 2 is 1.55 bits per heavy atom. The van der Waals surface area contributed by atoms with Gasteiger partial charge in [0, 0.05) is 11.1 Å². The number of amides is 1. The summed E-state index contributed by atoms with van der Waals surface area (Å²) in [6, 6.07) is 31.0. The largest absolute Gasteiger partial charge is 0.488 e. The van der Waals surface area contributed by atoms with Gasteiger partial charge < -0.3 is 4.74 Å². The number of ether oxygens (including phenoxy) is 1. The summed E-state index contributed by atoms with van der Waals surface area (Å²) in [4.78, 5) is 12.6. The number of benzene rings is 4. The molecule has 4 heteroatoms. The van der Waals surface area contributed by atoms with Crippen molar-refractivity contribution in [2.75, 3.05) is 0 Å². The zero-order chi connectivity index (χ0) is 19.9. The number of carbonyl (C=O) groups excluding carboxylic acids is 1. The number of fused-ring (bicyclic) bond motifs is 1. The van der Waals surface area contributed by atoms with Gasteiger partial charge in [0.2, 0.25) is 0 Å². The highest BCUT2D eigenvalue weighted by molar-refractivity contribution is 6.07. The molecule has 0 saturated carbocycles. The zero-order valence-corrected chi connectivity index (χ0v) is 15.8. The van der Waals surface area contributed by atoms with Crippen molar-refractivity contribution < 1.29 is 9.53 Å². The fourth-order valence-electron chi connectivity index (χ4n) is 3.10. The maximum atomic E-state index is 12.6. The van der Waals surface area contributed by atoms with Gasteiger partial charge in [-0.25, -0.2) is 5.43 Å². The fraction of sp³-hybridized carbons (Fsp3) is 0.0400. The number of hydrogen-bond acceptors (Lipinski definition) is 3. The van der Waals surface area contributed by atoms with Crippen molar-refractivity contribution in [2.24, 2.45) is 5.10 Å². The van der Waals surface area contributed by atoms with Gasteiger partial charge in [0.25, 0.3) is 5.91 Å². The van der Waals surface area contributed by atoms with Crippen LogP contribution in [0, 0.1) is 0 Å². The molecule has 0 heterocycles. The van der Waals surface area contributed by atoms with E-state index in [2.05, 4.69) is 10.5 Å². The maximum Gasteiger partial charge on any atom is 0.271 e. The number of carbonyl (C=O) groups is 1. The molecule has 0 radical (unpaired) electrons. The van der Waals surface area contributed by atoms with Crippen molar-refractivity contribution in [2.45, 2.75) is 6.61 Å². The van der Waals surface area contributed by atoms with Crippen LogP contribution in [0.2, 0.25) is 0 Å². The molecule has 1 amide bonds. The van der Waals surface area contributed by atoms with Crippen molar-refractivity contribution in [3.63, 3.8) is 0 Å². The number of nitrogens with zero attached hydrogens (tertiary/aromatic N) is 1. The third kappa shape index (κ3) is 4.50. The number of rotatable bonds is 6. The molecule has 0 bridgehead atoms. The minimum atomic E-state index is -0.249. The maximum absolute atomic E-state index is 12.6. The highest BCUT2D eigenvalue weighted by Gasteiger charge is 2.08. The molecule has 0 atom stereocenters. The Morgan fingerprint density at radius 1 is 0.828 bits per heavy atom. The lowest BCUT2D eigenvalue weighted by Gasteiger charge is -2.09.